The lowest BCUT2D eigenvalue weighted by Gasteiger charge is -2.36. The average molecular weight is 539 g/mol. The standard InChI is InChI=1S/C29H31ClN2O4S/c1-5-29(2,3)18-9-12-20-23(15-18)37-27-24(20)26(33)31-25(32-27)17-8-13-21(22(14-17)35-4)36-28(34)16-6-10-19(30)11-7-16/h6-8,10-11,13-14,18,25,32H,5,9,12,15H2,1-4H3,(H,31,33). The molecule has 0 saturated carbocycles. The van der Waals surface area contributed by atoms with Gasteiger partial charge in [0, 0.05) is 9.90 Å². The highest BCUT2D eigenvalue weighted by atomic mass is 35.5. The van der Waals surface area contributed by atoms with Gasteiger partial charge in [0.1, 0.15) is 11.2 Å². The van der Waals surface area contributed by atoms with Crippen molar-refractivity contribution in [2.45, 2.75) is 52.6 Å². The van der Waals surface area contributed by atoms with Crippen LogP contribution in [0.1, 0.15) is 76.5 Å². The van der Waals surface area contributed by atoms with Gasteiger partial charge in [0.25, 0.3) is 5.91 Å². The van der Waals surface area contributed by atoms with Gasteiger partial charge >= 0.3 is 5.97 Å². The van der Waals surface area contributed by atoms with Crippen LogP contribution in [0, 0.1) is 11.3 Å². The minimum absolute atomic E-state index is 0.0540. The number of esters is 1. The van der Waals surface area contributed by atoms with Crippen molar-refractivity contribution >= 4 is 39.8 Å². The fourth-order valence-corrected chi connectivity index (χ4v) is 6.59. The van der Waals surface area contributed by atoms with E-state index in [1.807, 2.05) is 6.07 Å². The monoisotopic (exact) mass is 538 g/mol. The van der Waals surface area contributed by atoms with Crippen LogP contribution in [0.4, 0.5) is 5.00 Å². The number of nitrogens with one attached hydrogen (secondary N) is 2. The van der Waals surface area contributed by atoms with Gasteiger partial charge in [-0.2, -0.15) is 0 Å². The first kappa shape index (κ1) is 25.6. The Balaban J connectivity index is 1.36. The molecule has 5 rings (SSSR count). The minimum atomic E-state index is -0.509. The zero-order valence-corrected chi connectivity index (χ0v) is 23.0. The highest BCUT2D eigenvalue weighted by molar-refractivity contribution is 7.16. The molecule has 0 bridgehead atoms. The fraction of sp³-hybridized carbons (Fsp3) is 0.379. The largest absolute Gasteiger partial charge is 0.493 e. The first-order valence-corrected chi connectivity index (χ1v) is 13.8. The topological polar surface area (TPSA) is 76.7 Å². The van der Waals surface area contributed by atoms with Crippen LogP contribution >= 0.6 is 22.9 Å². The predicted octanol–water partition coefficient (Wildman–Crippen LogP) is 7.02. The third-order valence-electron chi connectivity index (χ3n) is 7.86. The van der Waals surface area contributed by atoms with Crippen molar-refractivity contribution in [1.29, 1.82) is 0 Å². The van der Waals surface area contributed by atoms with Crippen LogP contribution in [0.25, 0.3) is 0 Å². The number of anilines is 1. The molecule has 2 aromatic carbocycles. The number of thiophene rings is 1. The Hall–Kier alpha value is -3.03. The number of carbonyl (C=O) groups is 2. The number of halogens is 1. The highest BCUT2D eigenvalue weighted by Crippen LogP contribution is 2.47. The average Bonchev–Trinajstić information content (AvgIpc) is 3.27. The molecule has 1 aliphatic carbocycles. The van der Waals surface area contributed by atoms with E-state index in [4.69, 9.17) is 21.1 Å². The maximum absolute atomic E-state index is 13.2. The molecule has 0 saturated heterocycles. The molecular formula is C29H31ClN2O4S. The van der Waals surface area contributed by atoms with Gasteiger partial charge in [-0.25, -0.2) is 4.79 Å². The number of benzene rings is 2. The summed E-state index contributed by atoms with van der Waals surface area (Å²) in [4.78, 5) is 27.1. The number of hydrogen-bond donors (Lipinski definition) is 2. The molecule has 2 heterocycles. The van der Waals surface area contributed by atoms with E-state index in [9.17, 15) is 9.59 Å². The van der Waals surface area contributed by atoms with Crippen LogP contribution in [-0.4, -0.2) is 19.0 Å². The molecule has 3 aromatic rings. The molecular weight excluding hydrogens is 508 g/mol. The second-order valence-electron chi connectivity index (χ2n) is 10.3. The van der Waals surface area contributed by atoms with Gasteiger partial charge in [0.2, 0.25) is 0 Å². The molecule has 1 aliphatic heterocycles. The van der Waals surface area contributed by atoms with E-state index in [0.717, 1.165) is 41.8 Å². The lowest BCUT2D eigenvalue weighted by Crippen LogP contribution is -2.38. The molecule has 0 fully saturated rings. The van der Waals surface area contributed by atoms with Crippen molar-refractivity contribution in [1.82, 2.24) is 5.32 Å². The molecule has 194 valence electrons. The summed E-state index contributed by atoms with van der Waals surface area (Å²) in [7, 11) is 1.52. The Morgan fingerprint density at radius 1 is 1.14 bits per heavy atom. The summed E-state index contributed by atoms with van der Waals surface area (Å²) in [6, 6.07) is 11.8. The summed E-state index contributed by atoms with van der Waals surface area (Å²) < 4.78 is 11.1. The smallest absolute Gasteiger partial charge is 0.343 e. The molecule has 6 nitrogen and oxygen atoms in total. The number of methoxy groups -OCH3 is 1. The maximum Gasteiger partial charge on any atom is 0.343 e. The molecule has 2 N–H and O–H groups in total. The number of fused-ring (bicyclic) bond motifs is 3. The third-order valence-corrected chi connectivity index (χ3v) is 9.30. The molecule has 8 heteroatoms. The highest BCUT2D eigenvalue weighted by Gasteiger charge is 2.37. The van der Waals surface area contributed by atoms with Crippen LogP contribution in [0.2, 0.25) is 5.02 Å². The van der Waals surface area contributed by atoms with Crippen LogP contribution in [-0.2, 0) is 12.8 Å². The van der Waals surface area contributed by atoms with E-state index in [1.165, 1.54) is 17.6 Å². The zero-order chi connectivity index (χ0) is 26.3. The Labute approximate surface area is 226 Å². The number of ether oxygens (including phenoxy) is 2. The number of amides is 1. The Bertz CT molecular complexity index is 1350. The fourth-order valence-electron chi connectivity index (χ4n) is 5.11. The molecule has 2 atom stereocenters. The second kappa shape index (κ2) is 10.0. The van der Waals surface area contributed by atoms with E-state index >= 15 is 0 Å². The van der Waals surface area contributed by atoms with Crippen molar-refractivity contribution in [3.63, 3.8) is 0 Å². The maximum atomic E-state index is 13.2. The predicted molar refractivity (Wildman–Crippen MR) is 147 cm³/mol. The summed E-state index contributed by atoms with van der Waals surface area (Å²) in [6.07, 6.45) is 3.80. The van der Waals surface area contributed by atoms with Gasteiger partial charge in [-0.15, -0.1) is 11.3 Å². The first-order valence-electron chi connectivity index (χ1n) is 12.6. The van der Waals surface area contributed by atoms with Crippen LogP contribution in [0.5, 0.6) is 11.5 Å². The molecule has 0 radical (unpaired) electrons. The Morgan fingerprint density at radius 3 is 2.59 bits per heavy atom. The second-order valence-corrected chi connectivity index (χ2v) is 11.9. The van der Waals surface area contributed by atoms with Crippen LogP contribution < -0.4 is 20.1 Å². The van der Waals surface area contributed by atoms with E-state index in [2.05, 4.69) is 31.4 Å². The molecule has 2 aliphatic rings. The van der Waals surface area contributed by atoms with E-state index < -0.39 is 12.1 Å². The molecule has 1 aromatic heterocycles. The van der Waals surface area contributed by atoms with Crippen LogP contribution in [0.15, 0.2) is 42.5 Å². The number of rotatable bonds is 6. The Kier molecular flexibility index (Phi) is 6.94. The van der Waals surface area contributed by atoms with Crippen molar-refractivity contribution < 1.29 is 19.1 Å². The minimum Gasteiger partial charge on any atom is -0.493 e. The molecule has 37 heavy (non-hydrogen) atoms. The van der Waals surface area contributed by atoms with Gasteiger partial charge in [-0.3, -0.25) is 4.79 Å². The van der Waals surface area contributed by atoms with E-state index in [1.54, 1.807) is 47.7 Å². The Morgan fingerprint density at radius 2 is 1.89 bits per heavy atom. The zero-order valence-electron chi connectivity index (χ0n) is 21.4. The molecule has 2 unspecified atom stereocenters. The van der Waals surface area contributed by atoms with Gasteiger partial charge in [0.05, 0.1) is 18.2 Å². The molecule has 0 spiro atoms. The normalized spacial score (nSPS) is 18.8. The van der Waals surface area contributed by atoms with Crippen molar-refractivity contribution in [3.8, 4) is 11.5 Å². The molecule has 1 amide bonds. The first-order chi connectivity index (χ1) is 17.7. The summed E-state index contributed by atoms with van der Waals surface area (Å²) in [6.45, 7) is 6.95. The van der Waals surface area contributed by atoms with Gasteiger partial charge in [-0.05, 0) is 78.1 Å². The summed E-state index contributed by atoms with van der Waals surface area (Å²) >= 11 is 7.62. The van der Waals surface area contributed by atoms with E-state index in [0.29, 0.717) is 28.0 Å². The third kappa shape index (κ3) is 4.94. The number of carbonyl (C=O) groups excluding carboxylic acids is 2. The van der Waals surface area contributed by atoms with Crippen molar-refractivity contribution in [2.75, 3.05) is 12.4 Å². The van der Waals surface area contributed by atoms with E-state index in [-0.39, 0.29) is 11.3 Å². The van der Waals surface area contributed by atoms with Gasteiger partial charge in [-0.1, -0.05) is 44.9 Å². The van der Waals surface area contributed by atoms with Gasteiger partial charge < -0.3 is 20.1 Å². The quantitative estimate of drug-likeness (QED) is 0.260. The lowest BCUT2D eigenvalue weighted by molar-refractivity contribution is 0.0729. The summed E-state index contributed by atoms with van der Waals surface area (Å²) in [5, 5.41) is 8.09. The number of hydrogen-bond acceptors (Lipinski definition) is 6. The lowest BCUT2D eigenvalue weighted by atomic mass is 9.69. The summed E-state index contributed by atoms with van der Waals surface area (Å²) in [5.41, 5.74) is 3.47. The van der Waals surface area contributed by atoms with Gasteiger partial charge in [0.15, 0.2) is 11.5 Å². The van der Waals surface area contributed by atoms with Crippen molar-refractivity contribution in [2.24, 2.45) is 11.3 Å². The SMILES string of the molecule is CCC(C)(C)C1CCc2c(sc3c2C(=O)NC(c2ccc(OC(=O)c4ccc(Cl)cc4)c(OC)c2)N3)C1. The summed E-state index contributed by atoms with van der Waals surface area (Å²) in [5.74, 6) is 0.755. The van der Waals surface area contributed by atoms with Crippen molar-refractivity contribution in [3.05, 3.63) is 74.6 Å². The van der Waals surface area contributed by atoms with Crippen LogP contribution in [0.3, 0.4) is 0 Å².